The van der Waals surface area contributed by atoms with Crippen molar-refractivity contribution in [2.75, 3.05) is 37.3 Å². The number of benzene rings is 1. The second-order valence-electron chi connectivity index (χ2n) is 7.19. The molecule has 2 heterocycles. The molecule has 0 aliphatic carbocycles. The molecule has 1 aromatic heterocycles. The molecule has 1 fully saturated rings. The first-order chi connectivity index (χ1) is 12.8. The highest BCUT2D eigenvalue weighted by atomic mass is 32.2. The minimum atomic E-state index is -3.14. The van der Waals surface area contributed by atoms with Crippen LogP contribution in [0.4, 0.5) is 5.82 Å². The van der Waals surface area contributed by atoms with Crippen LogP contribution in [0, 0.1) is 13.8 Å². The fourth-order valence-corrected chi connectivity index (χ4v) is 4.46. The number of nitrogens with zero attached hydrogens (tertiary/aromatic N) is 4. The molecule has 3 rings (SSSR count). The molecule has 0 N–H and O–H groups in total. The molecule has 0 spiro atoms. The Morgan fingerprint density at radius 1 is 1.07 bits per heavy atom. The number of aromatic nitrogens is 2. The van der Waals surface area contributed by atoms with Crippen LogP contribution in [0.5, 0.6) is 0 Å². The lowest BCUT2D eigenvalue weighted by Gasteiger charge is -2.35. The maximum absolute atomic E-state index is 11.8. The number of rotatable bonds is 5. The summed E-state index contributed by atoms with van der Waals surface area (Å²) in [5.41, 5.74) is 4.71. The predicted octanol–water partition coefficient (Wildman–Crippen LogP) is 2.33. The van der Waals surface area contributed by atoms with Crippen molar-refractivity contribution in [3.8, 4) is 0 Å². The monoisotopic (exact) mass is 388 g/mol. The zero-order valence-corrected chi connectivity index (χ0v) is 17.4. The highest BCUT2D eigenvalue weighted by molar-refractivity contribution is 7.88. The van der Waals surface area contributed by atoms with Gasteiger partial charge in [-0.15, -0.1) is 0 Å². The summed E-state index contributed by atoms with van der Waals surface area (Å²) in [6.45, 7) is 8.42. The Balaban J connectivity index is 1.94. The Hall–Kier alpha value is -1.99. The van der Waals surface area contributed by atoms with Crippen LogP contribution >= 0.6 is 0 Å². The van der Waals surface area contributed by atoms with Crippen LogP contribution in [0.1, 0.15) is 35.1 Å². The molecule has 2 aromatic rings. The zero-order chi connectivity index (χ0) is 19.6. The standard InChI is InChI=1S/C20H28N4O2S/c1-5-19-18(14-17-8-6-7-15(2)13-17)20(22-16(3)21-19)23-9-11-24(12-10-23)27(4,25)26/h6-8,13H,5,9-12,14H2,1-4H3. The molecular weight excluding hydrogens is 360 g/mol. The van der Waals surface area contributed by atoms with E-state index in [2.05, 4.69) is 48.0 Å². The Labute approximate surface area is 162 Å². The number of piperazine rings is 1. The van der Waals surface area contributed by atoms with Gasteiger partial charge in [0.15, 0.2) is 0 Å². The van der Waals surface area contributed by atoms with Gasteiger partial charge in [0.2, 0.25) is 10.0 Å². The summed E-state index contributed by atoms with van der Waals surface area (Å²) in [6.07, 6.45) is 2.91. The Morgan fingerprint density at radius 2 is 1.78 bits per heavy atom. The number of sulfonamides is 1. The third kappa shape index (κ3) is 4.65. The maximum Gasteiger partial charge on any atom is 0.211 e. The summed E-state index contributed by atoms with van der Waals surface area (Å²) in [5, 5.41) is 0. The average Bonchev–Trinajstić information content (AvgIpc) is 2.62. The highest BCUT2D eigenvalue weighted by Crippen LogP contribution is 2.26. The van der Waals surface area contributed by atoms with E-state index in [9.17, 15) is 8.42 Å². The average molecular weight is 389 g/mol. The summed E-state index contributed by atoms with van der Waals surface area (Å²) in [7, 11) is -3.14. The highest BCUT2D eigenvalue weighted by Gasteiger charge is 2.26. The van der Waals surface area contributed by atoms with Crippen molar-refractivity contribution < 1.29 is 8.42 Å². The lowest BCUT2D eigenvalue weighted by molar-refractivity contribution is 0.386. The number of hydrogen-bond acceptors (Lipinski definition) is 5. The lowest BCUT2D eigenvalue weighted by atomic mass is 10.0. The van der Waals surface area contributed by atoms with E-state index in [-0.39, 0.29) is 0 Å². The quantitative estimate of drug-likeness (QED) is 0.786. The van der Waals surface area contributed by atoms with Crippen molar-refractivity contribution >= 4 is 15.8 Å². The van der Waals surface area contributed by atoms with Gasteiger partial charge in [0.1, 0.15) is 11.6 Å². The van der Waals surface area contributed by atoms with Crippen LogP contribution in [0.25, 0.3) is 0 Å². The maximum atomic E-state index is 11.8. The summed E-state index contributed by atoms with van der Waals surface area (Å²) >= 11 is 0. The van der Waals surface area contributed by atoms with Crippen LogP contribution in [-0.2, 0) is 22.9 Å². The molecular formula is C20H28N4O2S. The van der Waals surface area contributed by atoms with E-state index in [1.54, 1.807) is 4.31 Å². The Morgan fingerprint density at radius 3 is 2.37 bits per heavy atom. The summed E-state index contributed by atoms with van der Waals surface area (Å²) in [4.78, 5) is 11.6. The Kier molecular flexibility index (Phi) is 5.81. The molecule has 1 aliphatic rings. The largest absolute Gasteiger partial charge is 0.354 e. The molecule has 0 bridgehead atoms. The van der Waals surface area contributed by atoms with Crippen molar-refractivity contribution in [3.63, 3.8) is 0 Å². The number of anilines is 1. The molecule has 1 aliphatic heterocycles. The van der Waals surface area contributed by atoms with E-state index in [4.69, 9.17) is 4.98 Å². The van der Waals surface area contributed by atoms with Crippen molar-refractivity contribution in [1.82, 2.24) is 14.3 Å². The molecule has 146 valence electrons. The van der Waals surface area contributed by atoms with E-state index in [1.165, 1.54) is 17.4 Å². The van der Waals surface area contributed by atoms with E-state index < -0.39 is 10.0 Å². The minimum Gasteiger partial charge on any atom is -0.354 e. The molecule has 0 radical (unpaired) electrons. The van der Waals surface area contributed by atoms with Gasteiger partial charge in [0.25, 0.3) is 0 Å². The Bertz CT molecular complexity index is 920. The van der Waals surface area contributed by atoms with E-state index >= 15 is 0 Å². The van der Waals surface area contributed by atoms with Gasteiger partial charge >= 0.3 is 0 Å². The minimum absolute atomic E-state index is 0.493. The third-order valence-electron chi connectivity index (χ3n) is 4.99. The van der Waals surface area contributed by atoms with Gasteiger partial charge in [0, 0.05) is 43.9 Å². The molecule has 0 atom stereocenters. The molecule has 0 amide bonds. The fourth-order valence-electron chi connectivity index (χ4n) is 3.63. The van der Waals surface area contributed by atoms with Crippen LogP contribution in [0.2, 0.25) is 0 Å². The molecule has 1 aromatic carbocycles. The lowest BCUT2D eigenvalue weighted by Crippen LogP contribution is -2.49. The van der Waals surface area contributed by atoms with Gasteiger partial charge in [-0.3, -0.25) is 0 Å². The molecule has 0 unspecified atom stereocenters. The first-order valence-electron chi connectivity index (χ1n) is 9.40. The summed E-state index contributed by atoms with van der Waals surface area (Å²) in [6, 6.07) is 8.51. The second-order valence-corrected chi connectivity index (χ2v) is 9.17. The number of aryl methyl sites for hydroxylation is 3. The topological polar surface area (TPSA) is 66.4 Å². The first kappa shape index (κ1) is 19.8. The molecule has 0 saturated carbocycles. The van der Waals surface area contributed by atoms with Crippen LogP contribution in [0.15, 0.2) is 24.3 Å². The predicted molar refractivity (Wildman–Crippen MR) is 109 cm³/mol. The SMILES string of the molecule is CCc1nc(C)nc(N2CCN(S(C)(=O)=O)CC2)c1Cc1cccc(C)c1. The van der Waals surface area contributed by atoms with E-state index in [0.29, 0.717) is 26.2 Å². The normalized spacial score (nSPS) is 15.9. The summed E-state index contributed by atoms with van der Waals surface area (Å²) in [5.74, 6) is 1.72. The molecule has 6 nitrogen and oxygen atoms in total. The third-order valence-corrected chi connectivity index (χ3v) is 6.29. The first-order valence-corrected chi connectivity index (χ1v) is 11.2. The smallest absolute Gasteiger partial charge is 0.211 e. The van der Waals surface area contributed by atoms with Crippen molar-refractivity contribution in [3.05, 3.63) is 52.5 Å². The van der Waals surface area contributed by atoms with Gasteiger partial charge in [-0.2, -0.15) is 4.31 Å². The van der Waals surface area contributed by atoms with Crippen molar-refractivity contribution in [2.45, 2.75) is 33.6 Å². The molecule has 27 heavy (non-hydrogen) atoms. The van der Waals surface area contributed by atoms with Gasteiger partial charge in [-0.05, 0) is 25.8 Å². The molecule has 1 saturated heterocycles. The molecule has 7 heteroatoms. The van der Waals surface area contributed by atoms with Gasteiger partial charge in [-0.25, -0.2) is 18.4 Å². The van der Waals surface area contributed by atoms with Crippen molar-refractivity contribution in [2.24, 2.45) is 0 Å². The summed E-state index contributed by atoms with van der Waals surface area (Å²) < 4.78 is 25.2. The van der Waals surface area contributed by atoms with Crippen LogP contribution in [-0.4, -0.2) is 55.1 Å². The van der Waals surface area contributed by atoms with Gasteiger partial charge in [0.05, 0.1) is 6.26 Å². The van der Waals surface area contributed by atoms with Crippen molar-refractivity contribution in [1.29, 1.82) is 0 Å². The van der Waals surface area contributed by atoms with Crippen LogP contribution < -0.4 is 4.90 Å². The fraction of sp³-hybridized carbons (Fsp3) is 0.500. The van der Waals surface area contributed by atoms with Gasteiger partial charge < -0.3 is 4.90 Å². The number of hydrogen-bond donors (Lipinski definition) is 0. The zero-order valence-electron chi connectivity index (χ0n) is 16.6. The van der Waals surface area contributed by atoms with Gasteiger partial charge in [-0.1, -0.05) is 36.8 Å². The van der Waals surface area contributed by atoms with E-state index in [0.717, 1.165) is 35.7 Å². The second kappa shape index (κ2) is 7.94. The van der Waals surface area contributed by atoms with Crippen LogP contribution in [0.3, 0.4) is 0 Å². The van der Waals surface area contributed by atoms with E-state index in [1.807, 2.05) is 6.92 Å².